The van der Waals surface area contributed by atoms with Gasteiger partial charge in [0.05, 0.1) is 12.6 Å². The lowest BCUT2D eigenvalue weighted by Crippen LogP contribution is -2.38. The minimum atomic E-state index is -4.88. The largest absolute Gasteiger partial charge is 0.471 e. The first-order valence-electron chi connectivity index (χ1n) is 4.92. The average molecular weight is 247 g/mol. The number of halogens is 3. The van der Waals surface area contributed by atoms with Crippen molar-refractivity contribution < 1.29 is 23.1 Å². The van der Waals surface area contributed by atoms with Gasteiger partial charge in [0, 0.05) is 0 Å². The van der Waals surface area contributed by atoms with Gasteiger partial charge in [-0.15, -0.1) is 0 Å². The number of aliphatic hydroxyl groups excluding tert-OH is 1. The molecule has 0 aromatic heterocycles. The van der Waals surface area contributed by atoms with Gasteiger partial charge in [0.2, 0.25) is 0 Å². The first kappa shape index (κ1) is 13.5. The molecule has 1 amide bonds. The minimum absolute atomic E-state index is 0.135. The summed E-state index contributed by atoms with van der Waals surface area (Å²) in [6.45, 7) is 1.32. The topological polar surface area (TPSA) is 49.3 Å². The van der Waals surface area contributed by atoms with E-state index < -0.39 is 18.1 Å². The van der Waals surface area contributed by atoms with Gasteiger partial charge < -0.3 is 10.4 Å². The van der Waals surface area contributed by atoms with Gasteiger partial charge in [-0.25, -0.2) is 0 Å². The summed E-state index contributed by atoms with van der Waals surface area (Å²) >= 11 is 0. The zero-order chi connectivity index (χ0) is 13.1. The maximum Gasteiger partial charge on any atom is 0.471 e. The number of rotatable bonds is 3. The maximum absolute atomic E-state index is 12.0. The highest BCUT2D eigenvalue weighted by atomic mass is 19.4. The van der Waals surface area contributed by atoms with E-state index in [1.807, 2.05) is 5.32 Å². The Balaban J connectivity index is 2.70. The second kappa shape index (κ2) is 5.18. The number of alkyl halides is 3. The summed E-state index contributed by atoms with van der Waals surface area (Å²) in [6.07, 6.45) is -4.88. The molecule has 17 heavy (non-hydrogen) atoms. The number of carbonyl (C=O) groups is 1. The van der Waals surface area contributed by atoms with Crippen LogP contribution >= 0.6 is 0 Å². The summed E-state index contributed by atoms with van der Waals surface area (Å²) in [5.41, 5.74) is 1.20. The molecule has 0 aliphatic heterocycles. The normalized spacial score (nSPS) is 13.2. The van der Waals surface area contributed by atoms with E-state index in [1.165, 1.54) is 6.92 Å². The molecule has 1 aromatic carbocycles. The van der Waals surface area contributed by atoms with E-state index in [1.54, 1.807) is 24.3 Å². The van der Waals surface area contributed by atoms with Crippen LogP contribution in [0.2, 0.25) is 0 Å². The van der Waals surface area contributed by atoms with Gasteiger partial charge in [0.15, 0.2) is 0 Å². The van der Waals surface area contributed by atoms with Crippen LogP contribution in [0.25, 0.3) is 0 Å². The molecule has 1 aromatic rings. The van der Waals surface area contributed by atoms with Crippen molar-refractivity contribution in [2.24, 2.45) is 0 Å². The number of benzene rings is 1. The van der Waals surface area contributed by atoms with Crippen molar-refractivity contribution in [1.82, 2.24) is 5.32 Å². The Bertz CT molecular complexity index is 387. The van der Waals surface area contributed by atoms with E-state index in [0.29, 0.717) is 11.1 Å². The summed E-state index contributed by atoms with van der Waals surface area (Å²) in [5, 5.41) is 10.6. The standard InChI is InChI=1S/C11H12F3NO2/c1-7(15-10(17)11(12,13)14)9-4-2-8(6-16)3-5-9/h2-5,7,16H,6H2,1H3,(H,15,17)/t7-/m0/s1. The van der Waals surface area contributed by atoms with Crippen molar-refractivity contribution in [2.45, 2.75) is 25.7 Å². The smallest absolute Gasteiger partial charge is 0.392 e. The van der Waals surface area contributed by atoms with Crippen molar-refractivity contribution in [3.63, 3.8) is 0 Å². The van der Waals surface area contributed by atoms with Crippen molar-refractivity contribution in [1.29, 1.82) is 0 Å². The van der Waals surface area contributed by atoms with Gasteiger partial charge in [-0.2, -0.15) is 13.2 Å². The molecule has 1 rings (SSSR count). The first-order valence-corrected chi connectivity index (χ1v) is 4.92. The zero-order valence-electron chi connectivity index (χ0n) is 9.08. The lowest BCUT2D eigenvalue weighted by atomic mass is 10.1. The fourth-order valence-corrected chi connectivity index (χ4v) is 1.27. The number of hydrogen-bond acceptors (Lipinski definition) is 2. The van der Waals surface area contributed by atoms with E-state index in [2.05, 4.69) is 0 Å². The predicted molar refractivity (Wildman–Crippen MR) is 55.0 cm³/mol. The highest BCUT2D eigenvalue weighted by Crippen LogP contribution is 2.18. The third-order valence-electron chi connectivity index (χ3n) is 2.27. The van der Waals surface area contributed by atoms with Gasteiger partial charge in [-0.05, 0) is 18.1 Å². The van der Waals surface area contributed by atoms with Crippen LogP contribution in [0.4, 0.5) is 13.2 Å². The lowest BCUT2D eigenvalue weighted by Gasteiger charge is -2.15. The summed E-state index contributed by atoms with van der Waals surface area (Å²) < 4.78 is 36.0. The Morgan fingerprint density at radius 1 is 1.35 bits per heavy atom. The Morgan fingerprint density at radius 3 is 2.29 bits per heavy atom. The molecule has 0 saturated heterocycles. The molecule has 6 heteroatoms. The number of hydrogen-bond donors (Lipinski definition) is 2. The number of nitrogens with one attached hydrogen (secondary N) is 1. The summed E-state index contributed by atoms with van der Waals surface area (Å²) in [6, 6.07) is 5.56. The molecule has 0 saturated carbocycles. The molecule has 0 aliphatic carbocycles. The number of aliphatic hydroxyl groups is 1. The molecule has 0 radical (unpaired) electrons. The fraction of sp³-hybridized carbons (Fsp3) is 0.364. The molecule has 1 atom stereocenters. The van der Waals surface area contributed by atoms with Crippen molar-refractivity contribution in [2.75, 3.05) is 0 Å². The fourth-order valence-electron chi connectivity index (χ4n) is 1.27. The van der Waals surface area contributed by atoms with Gasteiger partial charge in [-0.1, -0.05) is 24.3 Å². The van der Waals surface area contributed by atoms with E-state index in [4.69, 9.17) is 5.11 Å². The van der Waals surface area contributed by atoms with Crippen LogP contribution in [0, 0.1) is 0 Å². The molecule has 0 heterocycles. The quantitative estimate of drug-likeness (QED) is 0.857. The highest BCUT2D eigenvalue weighted by Gasteiger charge is 2.39. The first-order chi connectivity index (χ1) is 7.84. The molecule has 2 N–H and O–H groups in total. The van der Waals surface area contributed by atoms with Gasteiger partial charge >= 0.3 is 12.1 Å². The van der Waals surface area contributed by atoms with Crippen LogP contribution in [0.15, 0.2) is 24.3 Å². The Morgan fingerprint density at radius 2 is 1.88 bits per heavy atom. The minimum Gasteiger partial charge on any atom is -0.392 e. The molecule has 0 bridgehead atoms. The summed E-state index contributed by atoms with van der Waals surface area (Å²) in [5.74, 6) is -1.96. The number of amides is 1. The van der Waals surface area contributed by atoms with Crippen molar-refractivity contribution in [3.05, 3.63) is 35.4 Å². The summed E-state index contributed by atoms with van der Waals surface area (Å²) in [4.78, 5) is 10.7. The molecule has 0 fully saturated rings. The molecule has 3 nitrogen and oxygen atoms in total. The SMILES string of the molecule is C[C@H](NC(=O)C(F)(F)F)c1ccc(CO)cc1. The Kier molecular flexibility index (Phi) is 4.11. The van der Waals surface area contributed by atoms with E-state index >= 15 is 0 Å². The summed E-state index contributed by atoms with van der Waals surface area (Å²) in [7, 11) is 0. The van der Waals surface area contributed by atoms with E-state index in [-0.39, 0.29) is 6.61 Å². The van der Waals surface area contributed by atoms with Gasteiger partial charge in [0.25, 0.3) is 0 Å². The molecule has 0 spiro atoms. The van der Waals surface area contributed by atoms with Crippen LogP contribution in [-0.2, 0) is 11.4 Å². The monoisotopic (exact) mass is 247 g/mol. The van der Waals surface area contributed by atoms with E-state index in [9.17, 15) is 18.0 Å². The molecule has 0 unspecified atom stereocenters. The Labute approximate surface area is 96.3 Å². The van der Waals surface area contributed by atoms with Crippen molar-refractivity contribution >= 4 is 5.91 Å². The van der Waals surface area contributed by atoms with Crippen molar-refractivity contribution in [3.8, 4) is 0 Å². The van der Waals surface area contributed by atoms with Crippen LogP contribution in [0.1, 0.15) is 24.1 Å². The van der Waals surface area contributed by atoms with E-state index in [0.717, 1.165) is 0 Å². The Hall–Kier alpha value is -1.56. The average Bonchev–Trinajstić information content (AvgIpc) is 2.27. The second-order valence-corrected chi connectivity index (χ2v) is 3.59. The molecule has 94 valence electrons. The van der Waals surface area contributed by atoms with Crippen LogP contribution in [-0.4, -0.2) is 17.2 Å². The third kappa shape index (κ3) is 3.74. The van der Waals surface area contributed by atoms with Crippen LogP contribution < -0.4 is 5.32 Å². The predicted octanol–water partition coefficient (Wildman–Crippen LogP) is 1.92. The number of carbonyl (C=O) groups excluding carboxylic acids is 1. The zero-order valence-corrected chi connectivity index (χ0v) is 9.08. The molecular formula is C11H12F3NO2. The highest BCUT2D eigenvalue weighted by molar-refractivity contribution is 5.82. The van der Waals surface area contributed by atoms with Gasteiger partial charge in [-0.3, -0.25) is 4.79 Å². The molecule has 0 aliphatic rings. The molecular weight excluding hydrogens is 235 g/mol. The van der Waals surface area contributed by atoms with Crippen LogP contribution in [0.5, 0.6) is 0 Å². The maximum atomic E-state index is 12.0. The lowest BCUT2D eigenvalue weighted by molar-refractivity contribution is -0.174. The van der Waals surface area contributed by atoms with Crippen LogP contribution in [0.3, 0.4) is 0 Å². The van der Waals surface area contributed by atoms with Gasteiger partial charge in [0.1, 0.15) is 0 Å². The second-order valence-electron chi connectivity index (χ2n) is 3.59. The third-order valence-corrected chi connectivity index (χ3v) is 2.27.